The average Bonchev–Trinajstić information content (AvgIpc) is 2.66. The van der Waals surface area contributed by atoms with Gasteiger partial charge < -0.3 is 10.6 Å². The van der Waals surface area contributed by atoms with Crippen LogP contribution in [0.25, 0.3) is 0 Å². The molecule has 0 aliphatic carbocycles. The SMILES string of the molecule is Cl.O=C1NC2(CCNCC2)C(=O)N1Cc1ccccc1. The fourth-order valence-corrected chi connectivity index (χ4v) is 2.78. The second kappa shape index (κ2) is 5.81. The first-order valence-corrected chi connectivity index (χ1v) is 6.60. The summed E-state index contributed by atoms with van der Waals surface area (Å²) < 4.78 is 0. The van der Waals surface area contributed by atoms with Crippen molar-refractivity contribution in [2.75, 3.05) is 13.1 Å². The molecule has 20 heavy (non-hydrogen) atoms. The van der Waals surface area contributed by atoms with E-state index in [1.165, 1.54) is 4.90 Å². The summed E-state index contributed by atoms with van der Waals surface area (Å²) >= 11 is 0. The van der Waals surface area contributed by atoms with Gasteiger partial charge in [0.05, 0.1) is 6.54 Å². The molecule has 0 saturated carbocycles. The molecule has 2 fully saturated rings. The Labute approximate surface area is 124 Å². The van der Waals surface area contributed by atoms with Gasteiger partial charge >= 0.3 is 6.03 Å². The summed E-state index contributed by atoms with van der Waals surface area (Å²) in [5.74, 6) is -0.0807. The Morgan fingerprint density at radius 2 is 1.75 bits per heavy atom. The predicted molar refractivity (Wildman–Crippen MR) is 77.6 cm³/mol. The molecule has 6 heteroatoms. The second-order valence-electron chi connectivity index (χ2n) is 5.14. The average molecular weight is 296 g/mol. The second-order valence-corrected chi connectivity index (χ2v) is 5.14. The van der Waals surface area contributed by atoms with Crippen LogP contribution >= 0.6 is 12.4 Å². The van der Waals surface area contributed by atoms with Gasteiger partial charge in [-0.3, -0.25) is 9.69 Å². The van der Waals surface area contributed by atoms with E-state index >= 15 is 0 Å². The molecule has 2 heterocycles. The van der Waals surface area contributed by atoms with Crippen molar-refractivity contribution in [3.05, 3.63) is 35.9 Å². The van der Waals surface area contributed by atoms with Gasteiger partial charge in [-0.25, -0.2) is 4.79 Å². The first-order chi connectivity index (χ1) is 9.21. The minimum absolute atomic E-state index is 0. The first-order valence-electron chi connectivity index (χ1n) is 6.60. The Morgan fingerprint density at radius 3 is 2.40 bits per heavy atom. The molecule has 108 valence electrons. The molecule has 0 radical (unpaired) electrons. The van der Waals surface area contributed by atoms with Gasteiger partial charge in [0.2, 0.25) is 0 Å². The van der Waals surface area contributed by atoms with Crippen molar-refractivity contribution in [3.63, 3.8) is 0 Å². The number of halogens is 1. The highest BCUT2D eigenvalue weighted by atomic mass is 35.5. The van der Waals surface area contributed by atoms with Gasteiger partial charge in [0, 0.05) is 0 Å². The van der Waals surface area contributed by atoms with Crippen molar-refractivity contribution in [3.8, 4) is 0 Å². The van der Waals surface area contributed by atoms with Gasteiger partial charge in [0.25, 0.3) is 5.91 Å². The van der Waals surface area contributed by atoms with Crippen LogP contribution < -0.4 is 10.6 Å². The Balaban J connectivity index is 0.00000147. The highest BCUT2D eigenvalue weighted by Gasteiger charge is 2.51. The van der Waals surface area contributed by atoms with E-state index in [0.29, 0.717) is 19.4 Å². The molecule has 0 unspecified atom stereocenters. The summed E-state index contributed by atoms with van der Waals surface area (Å²) in [5.41, 5.74) is 0.300. The standard InChI is InChI=1S/C14H17N3O2.ClH/c18-12-14(6-8-15-9-7-14)16-13(19)17(12)10-11-4-2-1-3-5-11;/h1-5,15H,6-10H2,(H,16,19);1H. The van der Waals surface area contributed by atoms with E-state index in [9.17, 15) is 9.59 Å². The Hall–Kier alpha value is -1.59. The molecule has 1 aromatic carbocycles. The van der Waals surface area contributed by atoms with Crippen molar-refractivity contribution in [2.24, 2.45) is 0 Å². The molecule has 0 aromatic heterocycles. The molecule has 1 spiro atoms. The monoisotopic (exact) mass is 295 g/mol. The highest BCUT2D eigenvalue weighted by Crippen LogP contribution is 2.27. The fraction of sp³-hybridized carbons (Fsp3) is 0.429. The number of urea groups is 1. The zero-order valence-corrected chi connectivity index (χ0v) is 11.9. The van der Waals surface area contributed by atoms with Crippen LogP contribution in [-0.2, 0) is 11.3 Å². The molecule has 0 bridgehead atoms. The quantitative estimate of drug-likeness (QED) is 0.808. The molecule has 1 aromatic rings. The van der Waals surface area contributed by atoms with Crippen molar-refractivity contribution < 1.29 is 9.59 Å². The molecule has 2 saturated heterocycles. The van der Waals surface area contributed by atoms with Crippen LogP contribution in [0.4, 0.5) is 4.79 Å². The van der Waals surface area contributed by atoms with Crippen LogP contribution in [0.15, 0.2) is 30.3 Å². The third-order valence-corrected chi connectivity index (χ3v) is 3.89. The lowest BCUT2D eigenvalue weighted by Gasteiger charge is -2.31. The Morgan fingerprint density at radius 1 is 1.10 bits per heavy atom. The summed E-state index contributed by atoms with van der Waals surface area (Å²) in [6, 6.07) is 9.32. The van der Waals surface area contributed by atoms with Gasteiger partial charge in [0.15, 0.2) is 0 Å². The molecule has 2 aliphatic heterocycles. The Bertz CT molecular complexity index is 500. The van der Waals surface area contributed by atoms with Gasteiger partial charge in [-0.05, 0) is 31.5 Å². The van der Waals surface area contributed by atoms with Crippen LogP contribution in [0.1, 0.15) is 18.4 Å². The summed E-state index contributed by atoms with van der Waals surface area (Å²) in [5, 5.41) is 6.10. The number of carbonyl (C=O) groups excluding carboxylic acids is 2. The lowest BCUT2D eigenvalue weighted by atomic mass is 9.88. The number of rotatable bonds is 2. The van der Waals surface area contributed by atoms with Crippen LogP contribution in [0.3, 0.4) is 0 Å². The maximum atomic E-state index is 12.5. The largest absolute Gasteiger partial charge is 0.325 e. The topological polar surface area (TPSA) is 61.4 Å². The molecule has 3 amide bonds. The maximum absolute atomic E-state index is 12.5. The number of carbonyl (C=O) groups is 2. The minimum atomic E-state index is -0.670. The fourth-order valence-electron chi connectivity index (χ4n) is 2.78. The minimum Gasteiger partial charge on any atom is -0.323 e. The first kappa shape index (κ1) is 14.8. The van der Waals surface area contributed by atoms with Crippen LogP contribution in [0, 0.1) is 0 Å². The summed E-state index contributed by atoms with van der Waals surface area (Å²) in [4.78, 5) is 25.9. The van der Waals surface area contributed by atoms with Crippen molar-refractivity contribution >= 4 is 24.3 Å². The number of nitrogens with one attached hydrogen (secondary N) is 2. The van der Waals surface area contributed by atoms with Crippen molar-refractivity contribution in [1.29, 1.82) is 0 Å². The van der Waals surface area contributed by atoms with Gasteiger partial charge in [-0.2, -0.15) is 0 Å². The van der Waals surface area contributed by atoms with E-state index in [0.717, 1.165) is 18.7 Å². The van der Waals surface area contributed by atoms with Crippen molar-refractivity contribution in [1.82, 2.24) is 15.5 Å². The molecule has 3 rings (SSSR count). The van der Waals surface area contributed by atoms with Crippen LogP contribution in [0.2, 0.25) is 0 Å². The predicted octanol–water partition coefficient (Wildman–Crippen LogP) is 1.28. The van der Waals surface area contributed by atoms with E-state index in [1.807, 2.05) is 30.3 Å². The lowest BCUT2D eigenvalue weighted by Crippen LogP contribution is -2.53. The summed E-state index contributed by atoms with van der Waals surface area (Å²) in [6.45, 7) is 1.89. The molecule has 2 N–H and O–H groups in total. The third kappa shape index (κ3) is 2.51. The van der Waals surface area contributed by atoms with E-state index in [1.54, 1.807) is 0 Å². The number of amides is 3. The van der Waals surface area contributed by atoms with Gasteiger partial charge in [0.1, 0.15) is 5.54 Å². The molecule has 0 atom stereocenters. The highest BCUT2D eigenvalue weighted by molar-refractivity contribution is 6.07. The number of hydrogen-bond acceptors (Lipinski definition) is 3. The summed E-state index contributed by atoms with van der Waals surface area (Å²) in [7, 11) is 0. The number of nitrogens with zero attached hydrogens (tertiary/aromatic N) is 1. The van der Waals surface area contributed by atoms with E-state index in [2.05, 4.69) is 10.6 Å². The summed E-state index contributed by atoms with van der Waals surface area (Å²) in [6.07, 6.45) is 1.34. The van der Waals surface area contributed by atoms with Crippen molar-refractivity contribution in [2.45, 2.75) is 24.9 Å². The number of piperidine rings is 1. The number of benzene rings is 1. The van der Waals surface area contributed by atoms with Crippen LogP contribution in [-0.4, -0.2) is 35.5 Å². The Kier molecular flexibility index (Phi) is 4.30. The smallest absolute Gasteiger partial charge is 0.323 e. The molecule has 5 nitrogen and oxygen atoms in total. The molecular formula is C14H18ClN3O2. The van der Waals surface area contributed by atoms with Gasteiger partial charge in [-0.1, -0.05) is 30.3 Å². The number of imide groups is 1. The zero-order chi connectivity index (χ0) is 13.3. The van der Waals surface area contributed by atoms with E-state index < -0.39 is 5.54 Å². The lowest BCUT2D eigenvalue weighted by molar-refractivity contribution is -0.132. The van der Waals surface area contributed by atoms with Gasteiger partial charge in [-0.15, -0.1) is 12.4 Å². The van der Waals surface area contributed by atoms with E-state index in [-0.39, 0.29) is 24.3 Å². The normalized spacial score (nSPS) is 20.7. The zero-order valence-electron chi connectivity index (χ0n) is 11.1. The van der Waals surface area contributed by atoms with Crippen LogP contribution in [0.5, 0.6) is 0 Å². The third-order valence-electron chi connectivity index (χ3n) is 3.89. The van der Waals surface area contributed by atoms with E-state index in [4.69, 9.17) is 0 Å². The molecule has 2 aliphatic rings. The molecular weight excluding hydrogens is 278 g/mol. The number of hydrogen-bond donors (Lipinski definition) is 2. The maximum Gasteiger partial charge on any atom is 0.325 e.